The maximum absolute atomic E-state index is 7.21. The fourth-order valence-corrected chi connectivity index (χ4v) is 28.5. The van der Waals surface area contributed by atoms with E-state index < -0.39 is 34.2 Å². The molecule has 5 aliphatic heterocycles. The molecule has 0 amide bonds. The molecule has 0 aromatic rings. The molecule has 0 bridgehead atoms. The van der Waals surface area contributed by atoms with Crippen molar-refractivity contribution >= 4 is 34.2 Å². The molecule has 0 N–H and O–H groups in total. The highest BCUT2D eigenvalue weighted by Crippen LogP contribution is 2.38. The number of ether oxygens (including phenoxy) is 8. The summed E-state index contributed by atoms with van der Waals surface area (Å²) >= 11 is 0. The summed E-state index contributed by atoms with van der Waals surface area (Å²) < 4.78 is 73.6. The summed E-state index contributed by atoms with van der Waals surface area (Å²) in [6, 6.07) is 3.18. The van der Waals surface area contributed by atoms with Crippen LogP contribution in [0.15, 0.2) is 0 Å². The van der Waals surface area contributed by atoms with E-state index in [0.29, 0.717) is 52.9 Å². The predicted molar refractivity (Wildman–Crippen MR) is 166 cm³/mol. The van der Waals surface area contributed by atoms with Crippen LogP contribution in [0.5, 0.6) is 0 Å². The predicted octanol–water partition coefficient (Wildman–Crippen LogP) is 3.19. The molecule has 16 heteroatoms. The van der Waals surface area contributed by atoms with Gasteiger partial charge in [0.2, 0.25) is 0 Å². The van der Waals surface area contributed by atoms with Gasteiger partial charge in [-0.05, 0) is 63.6 Å². The van der Waals surface area contributed by atoms with Gasteiger partial charge in [-0.2, -0.15) is 0 Å². The second-order valence-corrected chi connectivity index (χ2v) is 27.5. The molecule has 6 unspecified atom stereocenters. The van der Waals surface area contributed by atoms with Crippen LogP contribution >= 0.6 is 0 Å². The fraction of sp³-hybridized carbons (Fsp3) is 1.00. The minimum Gasteiger partial charge on any atom is -0.416 e. The van der Waals surface area contributed by atoms with Crippen molar-refractivity contribution in [1.29, 1.82) is 0 Å². The molecule has 6 atom stereocenters. The van der Waals surface area contributed by atoms with Crippen LogP contribution < -0.4 is 0 Å². The summed E-state index contributed by atoms with van der Waals surface area (Å²) in [7, 11) is -10.8. The molecule has 12 nitrogen and oxygen atoms in total. The Bertz CT molecular complexity index is 807. The van der Waals surface area contributed by atoms with E-state index in [4.69, 9.17) is 54.4 Å². The van der Waals surface area contributed by atoms with Crippen LogP contribution in [0.1, 0.15) is 19.3 Å². The molecule has 0 spiro atoms. The van der Waals surface area contributed by atoms with Gasteiger partial charge in [-0.15, -0.1) is 0 Å². The summed E-state index contributed by atoms with van der Waals surface area (Å²) in [4.78, 5) is 0. The topological polar surface area (TPSA) is 124 Å². The van der Waals surface area contributed by atoms with Crippen LogP contribution in [0.3, 0.4) is 0 Å². The Morgan fingerprint density at radius 1 is 0.419 bits per heavy atom. The molecule has 5 heterocycles. The van der Waals surface area contributed by atoms with Gasteiger partial charge in [-0.3, -0.25) is 0 Å². The van der Waals surface area contributed by atoms with Crippen molar-refractivity contribution in [3.63, 3.8) is 0 Å². The number of epoxide rings is 4. The SMILES string of the molecule is C[Si]1(CCCOCC2CO2)O[Si](C)(CCCOCC2CO2)O[Si](C)(CCOCC2CO2)O[Si](C)(CCCOCC2CO2)O1. The van der Waals surface area contributed by atoms with Crippen molar-refractivity contribution in [2.24, 2.45) is 0 Å². The molecular weight excluding hydrogens is 629 g/mol. The smallest absolute Gasteiger partial charge is 0.319 e. The van der Waals surface area contributed by atoms with Gasteiger partial charge < -0.3 is 54.4 Å². The molecule has 0 saturated carbocycles. The van der Waals surface area contributed by atoms with Crippen molar-refractivity contribution in [2.45, 2.75) is 94.0 Å². The first-order valence-corrected chi connectivity index (χ1v) is 26.3. The van der Waals surface area contributed by atoms with Gasteiger partial charge >= 0.3 is 34.2 Å². The molecule has 5 aliphatic rings. The lowest BCUT2D eigenvalue weighted by atomic mass is 10.5. The Labute approximate surface area is 261 Å². The molecule has 0 aromatic heterocycles. The van der Waals surface area contributed by atoms with Gasteiger partial charge in [0.15, 0.2) is 0 Å². The van der Waals surface area contributed by atoms with Crippen LogP contribution in [-0.2, 0) is 54.4 Å². The maximum atomic E-state index is 7.21. The summed E-state index contributed by atoms with van der Waals surface area (Å²) in [6.45, 7) is 17.1. The van der Waals surface area contributed by atoms with Crippen molar-refractivity contribution in [3.8, 4) is 0 Å². The van der Waals surface area contributed by atoms with Gasteiger partial charge in [0.05, 0.1) is 52.9 Å². The van der Waals surface area contributed by atoms with Gasteiger partial charge in [-0.1, -0.05) is 0 Å². The van der Waals surface area contributed by atoms with Crippen LogP contribution in [0, 0.1) is 0 Å². The largest absolute Gasteiger partial charge is 0.416 e. The van der Waals surface area contributed by atoms with Crippen LogP contribution in [-0.4, -0.2) is 138 Å². The third-order valence-corrected chi connectivity index (χ3v) is 26.7. The van der Waals surface area contributed by atoms with E-state index in [0.717, 1.165) is 69.9 Å². The Hall–Kier alpha value is 0.388. The number of rotatable bonds is 23. The lowest BCUT2D eigenvalue weighted by molar-refractivity contribution is 0.111. The summed E-state index contributed by atoms with van der Waals surface area (Å²) in [6.07, 6.45) is 3.61. The van der Waals surface area contributed by atoms with Gasteiger partial charge in [0.25, 0.3) is 0 Å². The van der Waals surface area contributed by atoms with Crippen LogP contribution in [0.2, 0.25) is 50.4 Å². The minimum absolute atomic E-state index is 0.231. The van der Waals surface area contributed by atoms with Gasteiger partial charge in [0, 0.05) is 32.5 Å². The number of hydrogen-bond acceptors (Lipinski definition) is 12. The third-order valence-electron chi connectivity index (χ3n) is 8.01. The average molecular weight is 683 g/mol. The first kappa shape index (κ1) is 34.7. The first-order chi connectivity index (χ1) is 20.6. The second kappa shape index (κ2) is 16.0. The molecule has 43 heavy (non-hydrogen) atoms. The highest BCUT2D eigenvalue weighted by molar-refractivity contribution is 6.93. The van der Waals surface area contributed by atoms with Crippen molar-refractivity contribution in [1.82, 2.24) is 0 Å². The van der Waals surface area contributed by atoms with Crippen molar-refractivity contribution in [3.05, 3.63) is 0 Å². The maximum Gasteiger partial charge on any atom is 0.319 e. The van der Waals surface area contributed by atoms with Crippen LogP contribution in [0.25, 0.3) is 0 Å². The number of hydrogen-bond donors (Lipinski definition) is 0. The van der Waals surface area contributed by atoms with Gasteiger partial charge in [-0.25, -0.2) is 0 Å². The highest BCUT2D eigenvalue weighted by Gasteiger charge is 2.56. The summed E-state index contributed by atoms with van der Waals surface area (Å²) in [5, 5.41) is 0. The zero-order valence-corrected chi connectivity index (χ0v) is 30.6. The van der Waals surface area contributed by atoms with Crippen molar-refractivity contribution < 1.29 is 54.4 Å². The molecule has 0 aromatic carbocycles. The molecule has 5 saturated heterocycles. The average Bonchev–Trinajstić information content (AvgIpc) is 3.72. The Morgan fingerprint density at radius 2 is 0.674 bits per heavy atom. The first-order valence-electron chi connectivity index (χ1n) is 16.2. The van der Waals surface area contributed by atoms with E-state index in [1.165, 1.54) is 0 Å². The highest BCUT2D eigenvalue weighted by atomic mass is 28.5. The van der Waals surface area contributed by atoms with E-state index >= 15 is 0 Å². The molecule has 250 valence electrons. The second-order valence-electron chi connectivity index (χ2n) is 13.1. The Balaban J connectivity index is 1.23. The van der Waals surface area contributed by atoms with Gasteiger partial charge in [0.1, 0.15) is 24.4 Å². The Kier molecular flexibility index (Phi) is 12.9. The minimum atomic E-state index is -2.74. The van der Waals surface area contributed by atoms with Crippen LogP contribution in [0.4, 0.5) is 0 Å². The lowest BCUT2D eigenvalue weighted by Gasteiger charge is -2.50. The van der Waals surface area contributed by atoms with Crippen molar-refractivity contribution in [2.75, 3.05) is 79.3 Å². The summed E-state index contributed by atoms with van der Waals surface area (Å²) in [5.74, 6) is 0. The zero-order chi connectivity index (χ0) is 30.2. The molecule has 5 rings (SSSR count). The fourth-order valence-electron chi connectivity index (χ4n) is 5.58. The normalized spacial score (nSPS) is 40.2. The van der Waals surface area contributed by atoms with E-state index in [1.54, 1.807) is 0 Å². The third kappa shape index (κ3) is 13.6. The van der Waals surface area contributed by atoms with E-state index in [2.05, 4.69) is 26.2 Å². The molecule has 0 radical (unpaired) electrons. The monoisotopic (exact) mass is 682 g/mol. The van der Waals surface area contributed by atoms with E-state index in [1.807, 2.05) is 0 Å². The van der Waals surface area contributed by atoms with E-state index in [-0.39, 0.29) is 24.4 Å². The molecular formula is C27H54O12Si4. The van der Waals surface area contributed by atoms with E-state index in [9.17, 15) is 0 Å². The quantitative estimate of drug-likeness (QED) is 0.0894. The standard InChI is InChI=1S/C27H54O12Si4/c1-40(12-5-8-28-16-24-20-32-24)36-41(2,13-6-9-29-17-25-21-33-25)38-43(4,15-11-31-19-27-23-35-27)39-42(3,37-40)14-7-10-30-18-26-22-34-26/h24-27H,5-23H2,1-4H3. The molecule has 5 fully saturated rings. The Morgan fingerprint density at radius 3 is 0.953 bits per heavy atom. The summed E-state index contributed by atoms with van der Waals surface area (Å²) in [5.41, 5.74) is 0. The lowest BCUT2D eigenvalue weighted by Crippen LogP contribution is -2.67. The zero-order valence-electron chi connectivity index (χ0n) is 26.6. The molecule has 0 aliphatic carbocycles.